The van der Waals surface area contributed by atoms with Gasteiger partial charge in [0.2, 0.25) is 15.9 Å². The molecule has 0 spiro atoms. The summed E-state index contributed by atoms with van der Waals surface area (Å²) in [4.78, 5) is 7.42. The lowest BCUT2D eigenvalue weighted by Gasteiger charge is -2.31. The topological polar surface area (TPSA) is 139 Å². The van der Waals surface area contributed by atoms with Gasteiger partial charge in [-0.05, 0) is 116 Å². The average molecular weight is 846 g/mol. The van der Waals surface area contributed by atoms with Crippen molar-refractivity contribution in [2.75, 3.05) is 33.4 Å². The number of sulfonamides is 1. The average Bonchev–Trinajstić information content (AvgIpc) is 3.95. The Balaban J connectivity index is 0.940. The number of aliphatic hydroxyl groups is 1. The summed E-state index contributed by atoms with van der Waals surface area (Å²) in [6, 6.07) is 25.3. The molecule has 1 aromatic heterocycles. The minimum absolute atomic E-state index is 0.110. The molecule has 12 heteroatoms. The Morgan fingerprint density at radius 3 is 2.44 bits per heavy atom. The third-order valence-electron chi connectivity index (χ3n) is 11.8. The van der Waals surface area contributed by atoms with E-state index in [9.17, 15) is 13.5 Å². The summed E-state index contributed by atoms with van der Waals surface area (Å²) in [6.07, 6.45) is 14.5. The van der Waals surface area contributed by atoms with Crippen molar-refractivity contribution in [1.29, 1.82) is 0 Å². The summed E-state index contributed by atoms with van der Waals surface area (Å²) >= 11 is 0. The number of rotatable bonds is 20. The summed E-state index contributed by atoms with van der Waals surface area (Å²) in [5, 5.41) is 18.1. The van der Waals surface area contributed by atoms with Gasteiger partial charge in [-0.15, -0.1) is 0 Å². The largest absolute Gasteiger partial charge is 0.508 e. The zero-order chi connectivity index (χ0) is 42.8. The molecule has 2 heterocycles. The molecular weight excluding hydrogens is 787 g/mol. The van der Waals surface area contributed by atoms with Crippen molar-refractivity contribution >= 4 is 10.0 Å². The van der Waals surface area contributed by atoms with E-state index >= 15 is 0 Å². The van der Waals surface area contributed by atoms with Crippen LogP contribution >= 0.6 is 0 Å². The maximum atomic E-state index is 12.8. The molecule has 2 fully saturated rings. The summed E-state index contributed by atoms with van der Waals surface area (Å²) in [5.74, 6) is 2.67. The second-order valence-electron chi connectivity index (χ2n) is 16.5. The fraction of sp³-hybridized carbons (Fsp3) is 0.388. The van der Waals surface area contributed by atoms with E-state index in [0.29, 0.717) is 49.2 Å². The Morgan fingerprint density at radius 2 is 1.75 bits per heavy atom. The maximum absolute atomic E-state index is 12.8. The zero-order valence-electron chi connectivity index (χ0n) is 35.6. The second kappa shape index (κ2) is 20.2. The lowest BCUT2D eigenvalue weighted by Crippen LogP contribution is -2.44. The number of aromatic nitrogens is 2. The molecule has 0 bridgehead atoms. The summed E-state index contributed by atoms with van der Waals surface area (Å²) in [6.45, 7) is 12.3. The van der Waals surface area contributed by atoms with Gasteiger partial charge in [0.1, 0.15) is 17.6 Å². The minimum Gasteiger partial charge on any atom is -0.508 e. The summed E-state index contributed by atoms with van der Waals surface area (Å²) in [5.41, 5.74) is 6.55. The molecule has 3 aromatic carbocycles. The summed E-state index contributed by atoms with van der Waals surface area (Å²) < 4.78 is 46.1. The number of nitrogens with one attached hydrogen (secondary N) is 2. The molecule has 1 saturated heterocycles. The molecular formula is C49H59N5O6S. The maximum Gasteiger partial charge on any atom is 0.240 e. The van der Waals surface area contributed by atoms with Crippen LogP contribution in [-0.4, -0.2) is 74.1 Å². The van der Waals surface area contributed by atoms with Crippen LogP contribution in [0.5, 0.6) is 5.75 Å². The third-order valence-corrected chi connectivity index (χ3v) is 13.3. The van der Waals surface area contributed by atoms with Gasteiger partial charge in [0.25, 0.3) is 0 Å². The quantitative estimate of drug-likeness (QED) is 0.0453. The lowest BCUT2D eigenvalue weighted by atomic mass is 9.84. The van der Waals surface area contributed by atoms with Gasteiger partial charge >= 0.3 is 0 Å². The van der Waals surface area contributed by atoms with E-state index in [0.717, 1.165) is 68.0 Å². The van der Waals surface area contributed by atoms with Crippen molar-refractivity contribution in [3.63, 3.8) is 0 Å². The molecule has 3 N–H and O–H groups in total. The van der Waals surface area contributed by atoms with E-state index < -0.39 is 10.0 Å². The molecule has 4 aromatic rings. The van der Waals surface area contributed by atoms with Crippen molar-refractivity contribution in [1.82, 2.24) is 25.1 Å². The van der Waals surface area contributed by atoms with Crippen LogP contribution in [0.2, 0.25) is 0 Å². The van der Waals surface area contributed by atoms with Crippen LogP contribution in [-0.2, 0) is 39.7 Å². The second-order valence-corrected chi connectivity index (χ2v) is 18.2. The van der Waals surface area contributed by atoms with Gasteiger partial charge in [-0.3, -0.25) is 4.90 Å². The highest BCUT2D eigenvalue weighted by molar-refractivity contribution is 7.89. The molecule has 322 valence electrons. The van der Waals surface area contributed by atoms with Gasteiger partial charge in [0, 0.05) is 32.2 Å². The monoisotopic (exact) mass is 845 g/mol. The fourth-order valence-corrected chi connectivity index (χ4v) is 9.55. The molecule has 1 saturated carbocycles. The smallest absolute Gasteiger partial charge is 0.240 e. The third kappa shape index (κ3) is 11.6. The first-order valence-electron chi connectivity index (χ1n) is 21.3. The Bertz CT molecular complexity index is 2320. The molecule has 7 rings (SSSR count). The van der Waals surface area contributed by atoms with E-state index in [2.05, 4.69) is 82.1 Å². The van der Waals surface area contributed by atoms with Gasteiger partial charge in [-0.1, -0.05) is 97.1 Å². The number of nitrogens with zero attached hydrogens (tertiary/aromatic N) is 3. The van der Waals surface area contributed by atoms with E-state index in [4.69, 9.17) is 19.0 Å². The fourth-order valence-electron chi connectivity index (χ4n) is 8.22. The molecule has 2 atom stereocenters. The molecule has 2 aliphatic carbocycles. The van der Waals surface area contributed by atoms with Gasteiger partial charge in [-0.25, -0.2) is 13.1 Å². The number of piperidine rings is 1. The number of allylic oxidation sites excluding steroid dienone is 4. The first-order chi connectivity index (χ1) is 29.5. The number of methoxy groups -OCH3 is 1. The Morgan fingerprint density at radius 1 is 1.03 bits per heavy atom. The molecule has 61 heavy (non-hydrogen) atoms. The first-order valence-corrected chi connectivity index (χ1v) is 22.8. The number of hydrogen-bond acceptors (Lipinski definition) is 10. The van der Waals surface area contributed by atoms with Crippen LogP contribution in [0.25, 0.3) is 0 Å². The predicted molar refractivity (Wildman–Crippen MR) is 239 cm³/mol. The minimum atomic E-state index is -3.54. The molecule has 11 nitrogen and oxygen atoms in total. The SMILES string of the molecule is C=C(/C=C\C(O)=C/C)C(OCCNCc1ccc(OC)cc1)C1=CC(C)CC(Cc2ccc(C3(c4noc(CN5CCC(NS(=O)(=O)c6ccccc6)CC5)n4)CC3)cc2)=C1. The van der Waals surface area contributed by atoms with Gasteiger partial charge in [0.15, 0.2) is 5.82 Å². The van der Waals surface area contributed by atoms with E-state index in [1.165, 1.54) is 22.3 Å². The van der Waals surface area contributed by atoms with Gasteiger partial charge in [0.05, 0.1) is 30.6 Å². The molecule has 1 aliphatic heterocycles. The van der Waals surface area contributed by atoms with Gasteiger partial charge < -0.3 is 24.4 Å². The van der Waals surface area contributed by atoms with E-state index in [1.54, 1.807) is 50.5 Å². The van der Waals surface area contributed by atoms with Crippen LogP contribution < -0.4 is 14.8 Å². The molecule has 2 unspecified atom stereocenters. The predicted octanol–water partition coefficient (Wildman–Crippen LogP) is 8.29. The van der Waals surface area contributed by atoms with Crippen molar-refractivity contribution in [2.45, 2.75) is 87.9 Å². The van der Waals surface area contributed by atoms with Crippen molar-refractivity contribution in [2.24, 2.45) is 5.92 Å². The zero-order valence-corrected chi connectivity index (χ0v) is 36.4. The first kappa shape index (κ1) is 44.0. The van der Waals surface area contributed by atoms with Crippen molar-refractivity contribution in [3.8, 4) is 5.75 Å². The number of likely N-dealkylation sites (tertiary alicyclic amines) is 1. The number of hydrogen-bond donors (Lipinski definition) is 3. The molecule has 0 radical (unpaired) electrons. The highest BCUT2D eigenvalue weighted by Crippen LogP contribution is 2.52. The molecule has 3 aliphatic rings. The van der Waals surface area contributed by atoms with Crippen LogP contribution in [0.15, 0.2) is 148 Å². The highest BCUT2D eigenvalue weighted by Gasteiger charge is 2.50. The summed E-state index contributed by atoms with van der Waals surface area (Å²) in [7, 11) is -1.88. The number of benzene rings is 3. The lowest BCUT2D eigenvalue weighted by molar-refractivity contribution is 0.106. The van der Waals surface area contributed by atoms with Crippen LogP contribution in [0.1, 0.15) is 74.4 Å². The standard InChI is InChI=1S/C49H59N5O6S/c1-5-43(55)18-11-36(3)47(59-28-25-50-33-38-14-19-44(58-4)20-15-38)40-30-35(2)29-39(32-40)31-37-12-16-41(17-13-37)49(23-24-49)48-51-46(60-52-48)34-54-26-21-42(22-27-54)53-61(56,57)45-9-7-6-8-10-45/h5-20,30,32,35,42,47,50,53,55H,3,21-29,31,33-34H2,1-2,4H3/b18-11-,43-5+. The highest BCUT2D eigenvalue weighted by atomic mass is 32.2. The van der Waals surface area contributed by atoms with E-state index in [-0.39, 0.29) is 23.3 Å². The number of aliphatic hydroxyl groups excluding tert-OH is 1. The van der Waals surface area contributed by atoms with E-state index in [1.807, 2.05) is 24.3 Å². The number of ether oxygens (including phenoxy) is 2. The Kier molecular flexibility index (Phi) is 14.5. The van der Waals surface area contributed by atoms with Crippen molar-refractivity contribution in [3.05, 3.63) is 167 Å². The van der Waals surface area contributed by atoms with Gasteiger partial charge in [-0.2, -0.15) is 4.98 Å². The Labute approximate surface area is 361 Å². The Hall–Kier alpha value is -5.11. The normalized spacial score (nSPS) is 19.1. The van der Waals surface area contributed by atoms with Crippen LogP contribution in [0.3, 0.4) is 0 Å². The van der Waals surface area contributed by atoms with Crippen molar-refractivity contribution < 1.29 is 27.5 Å². The van der Waals surface area contributed by atoms with Crippen LogP contribution in [0, 0.1) is 5.92 Å². The van der Waals surface area contributed by atoms with Crippen LogP contribution in [0.4, 0.5) is 0 Å². The molecule has 0 amide bonds.